The van der Waals surface area contributed by atoms with Crippen molar-refractivity contribution in [2.45, 2.75) is 57.0 Å². The number of rotatable bonds is 6. The number of amides is 1. The number of aromatic nitrogens is 1. The van der Waals surface area contributed by atoms with Crippen LogP contribution < -0.4 is 4.90 Å². The van der Waals surface area contributed by atoms with E-state index in [-0.39, 0.29) is 6.04 Å². The summed E-state index contributed by atoms with van der Waals surface area (Å²) in [6.07, 6.45) is 7.16. The van der Waals surface area contributed by atoms with Crippen LogP contribution in [-0.4, -0.2) is 70.2 Å². The Kier molecular flexibility index (Phi) is 5.83. The van der Waals surface area contributed by atoms with Crippen LogP contribution in [0.1, 0.15) is 44.9 Å². The van der Waals surface area contributed by atoms with Gasteiger partial charge in [0, 0.05) is 43.6 Å². The number of hydrogen-bond donors (Lipinski definition) is 1. The Morgan fingerprint density at radius 1 is 1.03 bits per heavy atom. The van der Waals surface area contributed by atoms with Crippen molar-refractivity contribution < 1.29 is 9.90 Å². The third-order valence-corrected chi connectivity index (χ3v) is 8.07. The zero-order valence-electron chi connectivity index (χ0n) is 17.6. The van der Waals surface area contributed by atoms with Crippen molar-refractivity contribution in [3.05, 3.63) is 24.3 Å². The molecular weight excluding hydrogens is 396 g/mol. The Hall–Kier alpha value is -1.86. The van der Waals surface area contributed by atoms with E-state index in [0.29, 0.717) is 6.04 Å². The summed E-state index contributed by atoms with van der Waals surface area (Å²) in [5, 5.41) is 10.8. The molecule has 1 saturated heterocycles. The second-order valence-corrected chi connectivity index (χ2v) is 10.0. The number of benzene rings is 1. The summed E-state index contributed by atoms with van der Waals surface area (Å²) in [6, 6.07) is 9.11. The molecular formula is C23H32N4O2S. The number of carboxylic acid groups (broad SMARTS) is 1. The third-order valence-electron chi connectivity index (χ3n) is 7.25. The van der Waals surface area contributed by atoms with Gasteiger partial charge in [-0.05, 0) is 81.1 Å². The van der Waals surface area contributed by atoms with Gasteiger partial charge in [-0.25, -0.2) is 4.79 Å². The summed E-state index contributed by atoms with van der Waals surface area (Å²) in [4.78, 5) is 18.4. The first-order chi connectivity index (χ1) is 14.7. The largest absolute Gasteiger partial charge is 0.465 e. The highest BCUT2D eigenvalue weighted by atomic mass is 32.1. The first-order valence-corrected chi connectivity index (χ1v) is 12.3. The maximum absolute atomic E-state index is 11.6. The van der Waals surface area contributed by atoms with Crippen LogP contribution in [0.2, 0.25) is 0 Å². The molecule has 2 saturated carbocycles. The van der Waals surface area contributed by atoms with Gasteiger partial charge in [-0.1, -0.05) is 12.1 Å². The Bertz CT molecular complexity index is 867. The number of piperazine rings is 1. The van der Waals surface area contributed by atoms with Gasteiger partial charge in [0.2, 0.25) is 0 Å². The molecule has 5 rings (SSSR count). The number of hydrogen-bond acceptors (Lipinski definition) is 5. The maximum Gasteiger partial charge on any atom is 0.407 e. The minimum absolute atomic E-state index is 0.266. The van der Waals surface area contributed by atoms with Crippen molar-refractivity contribution >= 4 is 33.5 Å². The van der Waals surface area contributed by atoms with Crippen molar-refractivity contribution in [2.24, 2.45) is 5.92 Å². The highest BCUT2D eigenvalue weighted by Crippen LogP contribution is 2.36. The van der Waals surface area contributed by atoms with Crippen LogP contribution in [0.3, 0.4) is 0 Å². The third kappa shape index (κ3) is 4.28. The predicted octanol–water partition coefficient (Wildman–Crippen LogP) is 4.51. The van der Waals surface area contributed by atoms with E-state index in [1.165, 1.54) is 35.9 Å². The van der Waals surface area contributed by atoms with Crippen LogP contribution >= 0.6 is 11.5 Å². The average molecular weight is 429 g/mol. The molecule has 2 aromatic rings. The lowest BCUT2D eigenvalue weighted by Gasteiger charge is -2.38. The van der Waals surface area contributed by atoms with E-state index in [0.717, 1.165) is 63.6 Å². The van der Waals surface area contributed by atoms with Crippen molar-refractivity contribution in [1.29, 1.82) is 0 Å². The molecule has 30 heavy (non-hydrogen) atoms. The molecule has 0 atom stereocenters. The van der Waals surface area contributed by atoms with Crippen molar-refractivity contribution in [1.82, 2.24) is 14.2 Å². The number of fused-ring (bicyclic) bond motifs is 1. The molecule has 1 aromatic heterocycles. The van der Waals surface area contributed by atoms with E-state index >= 15 is 0 Å². The topological polar surface area (TPSA) is 59.9 Å². The number of anilines is 1. The summed E-state index contributed by atoms with van der Waals surface area (Å²) < 4.78 is 5.99. The van der Waals surface area contributed by atoms with Crippen LogP contribution in [-0.2, 0) is 0 Å². The van der Waals surface area contributed by atoms with Gasteiger partial charge in [-0.15, -0.1) is 0 Å². The van der Waals surface area contributed by atoms with E-state index in [1.807, 2.05) is 0 Å². The fourth-order valence-corrected chi connectivity index (χ4v) is 6.12. The summed E-state index contributed by atoms with van der Waals surface area (Å²) in [5.41, 5.74) is 0. The second-order valence-electron chi connectivity index (χ2n) is 9.22. The minimum atomic E-state index is -0.702. The highest BCUT2D eigenvalue weighted by Gasteiger charge is 2.38. The van der Waals surface area contributed by atoms with E-state index in [9.17, 15) is 9.90 Å². The molecule has 0 spiro atoms. The van der Waals surface area contributed by atoms with Crippen LogP contribution in [0.25, 0.3) is 10.1 Å². The van der Waals surface area contributed by atoms with E-state index in [1.54, 1.807) is 16.4 Å². The zero-order chi connectivity index (χ0) is 20.5. The van der Waals surface area contributed by atoms with Crippen LogP contribution in [0, 0.1) is 5.92 Å². The van der Waals surface area contributed by atoms with Gasteiger partial charge in [0.15, 0.2) is 0 Å². The molecule has 0 radical (unpaired) electrons. The number of nitrogens with zero attached hydrogens (tertiary/aromatic N) is 4. The molecule has 0 bridgehead atoms. The summed E-state index contributed by atoms with van der Waals surface area (Å²) in [7, 11) is 0. The Labute approximate surface area is 182 Å². The Morgan fingerprint density at radius 2 is 1.70 bits per heavy atom. The fourth-order valence-electron chi connectivity index (χ4n) is 5.32. The summed E-state index contributed by atoms with van der Waals surface area (Å²) in [6.45, 7) is 5.49. The number of carbonyl (C=O) groups is 1. The first kappa shape index (κ1) is 20.1. The zero-order valence-corrected chi connectivity index (χ0v) is 18.4. The van der Waals surface area contributed by atoms with E-state index in [2.05, 4.69) is 34.1 Å². The minimum Gasteiger partial charge on any atom is -0.465 e. The Morgan fingerprint density at radius 3 is 2.37 bits per heavy atom. The fraction of sp³-hybridized carbons (Fsp3) is 0.652. The molecule has 0 unspecified atom stereocenters. The summed E-state index contributed by atoms with van der Waals surface area (Å²) in [5.74, 6) is 1.92. The maximum atomic E-state index is 11.6. The van der Waals surface area contributed by atoms with Crippen molar-refractivity contribution in [3.8, 4) is 0 Å². The van der Waals surface area contributed by atoms with E-state index < -0.39 is 6.09 Å². The molecule has 1 aromatic carbocycles. The predicted molar refractivity (Wildman–Crippen MR) is 122 cm³/mol. The van der Waals surface area contributed by atoms with E-state index in [4.69, 9.17) is 4.37 Å². The smallest absolute Gasteiger partial charge is 0.407 e. The molecule has 3 fully saturated rings. The molecule has 3 aliphatic rings. The van der Waals surface area contributed by atoms with Gasteiger partial charge < -0.3 is 14.9 Å². The SMILES string of the molecule is O=C(O)N(C1CC1)[C@H]1CC[C@H](CCN2CCN(c3nsc4ccccc34)CC2)CC1. The van der Waals surface area contributed by atoms with Crippen molar-refractivity contribution in [2.75, 3.05) is 37.6 Å². The molecule has 162 valence electrons. The molecule has 6 nitrogen and oxygen atoms in total. The molecule has 2 aliphatic carbocycles. The van der Waals surface area contributed by atoms with Gasteiger partial charge in [0.25, 0.3) is 0 Å². The molecule has 7 heteroatoms. The molecule has 1 N–H and O–H groups in total. The normalized spacial score (nSPS) is 25.5. The lowest BCUT2D eigenvalue weighted by molar-refractivity contribution is 0.0960. The molecule has 1 amide bonds. The van der Waals surface area contributed by atoms with Crippen LogP contribution in [0.15, 0.2) is 24.3 Å². The lowest BCUT2D eigenvalue weighted by Crippen LogP contribution is -2.47. The molecule has 2 heterocycles. The van der Waals surface area contributed by atoms with Gasteiger partial charge in [-0.3, -0.25) is 4.90 Å². The first-order valence-electron chi connectivity index (χ1n) is 11.5. The van der Waals surface area contributed by atoms with Crippen molar-refractivity contribution in [3.63, 3.8) is 0 Å². The summed E-state index contributed by atoms with van der Waals surface area (Å²) >= 11 is 1.60. The quantitative estimate of drug-likeness (QED) is 0.734. The lowest BCUT2D eigenvalue weighted by atomic mass is 9.83. The van der Waals surface area contributed by atoms with Crippen LogP contribution in [0.5, 0.6) is 0 Å². The second kappa shape index (κ2) is 8.71. The molecule has 1 aliphatic heterocycles. The highest BCUT2D eigenvalue weighted by molar-refractivity contribution is 7.13. The monoisotopic (exact) mass is 428 g/mol. The average Bonchev–Trinajstić information content (AvgIpc) is 3.50. The van der Waals surface area contributed by atoms with Gasteiger partial charge >= 0.3 is 6.09 Å². The van der Waals surface area contributed by atoms with Crippen LogP contribution in [0.4, 0.5) is 10.6 Å². The van der Waals surface area contributed by atoms with Gasteiger partial charge in [0.05, 0.1) is 4.70 Å². The Balaban J connectivity index is 1.06. The van der Waals surface area contributed by atoms with Gasteiger partial charge in [0.1, 0.15) is 5.82 Å². The standard InChI is InChI=1S/C23H32N4O2S/c28-23(29)27(19-9-10-19)18-7-5-17(6-8-18)11-12-25-13-15-26(16-14-25)22-20-3-1-2-4-21(20)30-24-22/h1-4,17-19H,5-16H2,(H,28,29)/t17-,18-. The van der Waals surface area contributed by atoms with Gasteiger partial charge in [-0.2, -0.15) is 4.37 Å².